The second-order valence-corrected chi connectivity index (χ2v) is 14.6. The van der Waals surface area contributed by atoms with E-state index in [1.807, 2.05) is 0 Å². The standard InChI is InChI=1S/C51H38N2/c1-51(2)44-22-11-9-19-42(44)50-45(51)23-14-26-48(50)52(39-31-27-36(28-32-39)35-15-5-3-6-16-35)40-33-29-37(30-34-40)41-21-13-25-47-49(41)43-20-10-12-24-46(43)53(47)38-17-7-4-8-18-38/h3-34H,1-2H3. The number of hydrogen-bond donors (Lipinski definition) is 0. The Kier molecular flexibility index (Phi) is 7.19. The highest BCUT2D eigenvalue weighted by Crippen LogP contribution is 2.54. The largest absolute Gasteiger partial charge is 0.310 e. The Morgan fingerprint density at radius 2 is 0.962 bits per heavy atom. The van der Waals surface area contributed by atoms with Crippen molar-refractivity contribution in [1.29, 1.82) is 0 Å². The third-order valence-corrected chi connectivity index (χ3v) is 11.2. The van der Waals surface area contributed by atoms with Gasteiger partial charge < -0.3 is 9.47 Å². The molecule has 2 nitrogen and oxygen atoms in total. The van der Waals surface area contributed by atoms with E-state index in [0.29, 0.717) is 0 Å². The van der Waals surface area contributed by atoms with E-state index in [2.05, 4.69) is 217 Å². The van der Waals surface area contributed by atoms with Gasteiger partial charge in [0.15, 0.2) is 0 Å². The molecule has 53 heavy (non-hydrogen) atoms. The van der Waals surface area contributed by atoms with Gasteiger partial charge in [-0.2, -0.15) is 0 Å². The van der Waals surface area contributed by atoms with E-state index in [-0.39, 0.29) is 5.41 Å². The zero-order chi connectivity index (χ0) is 35.5. The predicted octanol–water partition coefficient (Wildman–Crippen LogP) is 13.9. The van der Waals surface area contributed by atoms with Gasteiger partial charge in [0.25, 0.3) is 0 Å². The lowest BCUT2D eigenvalue weighted by molar-refractivity contribution is 0.660. The number of nitrogens with zero attached hydrogens (tertiary/aromatic N) is 2. The van der Waals surface area contributed by atoms with Crippen molar-refractivity contribution in [3.63, 3.8) is 0 Å². The van der Waals surface area contributed by atoms with Crippen molar-refractivity contribution in [1.82, 2.24) is 4.57 Å². The Hall–Kier alpha value is -6.64. The summed E-state index contributed by atoms with van der Waals surface area (Å²) in [6.45, 7) is 4.70. The average molecular weight is 679 g/mol. The van der Waals surface area contributed by atoms with Crippen molar-refractivity contribution in [2.75, 3.05) is 4.90 Å². The van der Waals surface area contributed by atoms with Crippen molar-refractivity contribution < 1.29 is 0 Å². The van der Waals surface area contributed by atoms with E-state index >= 15 is 0 Å². The van der Waals surface area contributed by atoms with Crippen molar-refractivity contribution in [2.24, 2.45) is 0 Å². The number of aromatic nitrogens is 1. The fourth-order valence-electron chi connectivity index (χ4n) is 8.69. The maximum absolute atomic E-state index is 2.44. The summed E-state index contributed by atoms with van der Waals surface area (Å²) in [6, 6.07) is 70.7. The van der Waals surface area contributed by atoms with Crippen LogP contribution in [0.2, 0.25) is 0 Å². The third-order valence-electron chi connectivity index (χ3n) is 11.2. The quantitative estimate of drug-likeness (QED) is 0.170. The Morgan fingerprint density at radius 3 is 1.72 bits per heavy atom. The van der Waals surface area contributed by atoms with Crippen molar-refractivity contribution in [3.05, 3.63) is 205 Å². The summed E-state index contributed by atoms with van der Waals surface area (Å²) in [7, 11) is 0. The van der Waals surface area contributed by atoms with Gasteiger partial charge in [0, 0.05) is 38.8 Å². The van der Waals surface area contributed by atoms with Gasteiger partial charge in [0.2, 0.25) is 0 Å². The molecule has 0 unspecified atom stereocenters. The fraction of sp³-hybridized carbons (Fsp3) is 0.0588. The summed E-state index contributed by atoms with van der Waals surface area (Å²) in [4.78, 5) is 2.44. The van der Waals surface area contributed by atoms with E-state index in [1.165, 1.54) is 77.7 Å². The van der Waals surface area contributed by atoms with Crippen LogP contribution in [0.1, 0.15) is 25.0 Å². The van der Waals surface area contributed by atoms with Gasteiger partial charge in [-0.25, -0.2) is 0 Å². The highest BCUT2D eigenvalue weighted by atomic mass is 15.1. The first-order valence-electron chi connectivity index (χ1n) is 18.4. The predicted molar refractivity (Wildman–Crippen MR) is 224 cm³/mol. The van der Waals surface area contributed by atoms with Gasteiger partial charge in [-0.05, 0) is 93.5 Å². The minimum Gasteiger partial charge on any atom is -0.310 e. The van der Waals surface area contributed by atoms with Gasteiger partial charge in [-0.3, -0.25) is 0 Å². The molecule has 0 saturated heterocycles. The van der Waals surface area contributed by atoms with Crippen LogP contribution in [-0.2, 0) is 5.41 Å². The molecule has 1 aliphatic rings. The van der Waals surface area contributed by atoms with Crippen LogP contribution in [0.4, 0.5) is 17.1 Å². The minimum atomic E-state index is -0.0910. The molecule has 0 saturated carbocycles. The zero-order valence-electron chi connectivity index (χ0n) is 29.9. The molecule has 0 spiro atoms. The second kappa shape index (κ2) is 12.3. The van der Waals surface area contributed by atoms with Gasteiger partial charge in [0.1, 0.15) is 0 Å². The minimum absolute atomic E-state index is 0.0910. The summed E-state index contributed by atoms with van der Waals surface area (Å²) in [5.74, 6) is 0. The van der Waals surface area contributed by atoms with Crippen molar-refractivity contribution >= 4 is 38.9 Å². The summed E-state index contributed by atoms with van der Waals surface area (Å²) in [6.07, 6.45) is 0. The smallest absolute Gasteiger partial charge is 0.0547 e. The number of hydrogen-bond acceptors (Lipinski definition) is 1. The Bertz CT molecular complexity index is 2770. The van der Waals surface area contributed by atoms with Crippen LogP contribution in [0.5, 0.6) is 0 Å². The second-order valence-electron chi connectivity index (χ2n) is 14.6. The third kappa shape index (κ3) is 4.94. The molecule has 9 aromatic rings. The molecule has 252 valence electrons. The number of fused-ring (bicyclic) bond motifs is 6. The number of rotatable bonds is 6. The molecule has 0 bridgehead atoms. The van der Waals surface area contributed by atoms with Gasteiger partial charge in [0.05, 0.1) is 16.7 Å². The van der Waals surface area contributed by atoms with Gasteiger partial charge in [-0.1, -0.05) is 153 Å². The topological polar surface area (TPSA) is 8.17 Å². The van der Waals surface area contributed by atoms with Crippen LogP contribution < -0.4 is 4.90 Å². The highest BCUT2D eigenvalue weighted by molar-refractivity contribution is 6.15. The molecule has 1 aliphatic carbocycles. The molecule has 0 amide bonds. The Labute approximate surface area is 310 Å². The first-order chi connectivity index (χ1) is 26.1. The monoisotopic (exact) mass is 678 g/mol. The molecule has 10 rings (SSSR count). The number of para-hydroxylation sites is 2. The van der Waals surface area contributed by atoms with E-state index in [0.717, 1.165) is 11.4 Å². The normalized spacial score (nSPS) is 12.9. The average Bonchev–Trinajstić information content (AvgIpc) is 3.68. The van der Waals surface area contributed by atoms with E-state index in [9.17, 15) is 0 Å². The lowest BCUT2D eigenvalue weighted by Gasteiger charge is -2.29. The molecule has 1 aromatic heterocycles. The lowest BCUT2D eigenvalue weighted by Crippen LogP contribution is -2.16. The molecule has 2 heteroatoms. The van der Waals surface area contributed by atoms with Crippen LogP contribution in [0, 0.1) is 0 Å². The highest BCUT2D eigenvalue weighted by Gasteiger charge is 2.37. The molecule has 0 atom stereocenters. The van der Waals surface area contributed by atoms with Crippen LogP contribution in [0.15, 0.2) is 194 Å². The summed E-state index contributed by atoms with van der Waals surface area (Å²) < 4.78 is 2.39. The van der Waals surface area contributed by atoms with Crippen LogP contribution in [0.3, 0.4) is 0 Å². The van der Waals surface area contributed by atoms with Crippen LogP contribution >= 0.6 is 0 Å². The Balaban J connectivity index is 1.14. The number of benzene rings is 8. The first-order valence-corrected chi connectivity index (χ1v) is 18.4. The molecular formula is C51H38N2. The Morgan fingerprint density at radius 1 is 0.415 bits per heavy atom. The summed E-state index contributed by atoms with van der Waals surface area (Å²) >= 11 is 0. The molecule has 0 radical (unpaired) electrons. The molecular weight excluding hydrogens is 641 g/mol. The van der Waals surface area contributed by atoms with E-state index in [4.69, 9.17) is 0 Å². The zero-order valence-corrected chi connectivity index (χ0v) is 29.9. The van der Waals surface area contributed by atoms with Gasteiger partial charge in [-0.15, -0.1) is 0 Å². The molecule has 0 N–H and O–H groups in total. The van der Waals surface area contributed by atoms with E-state index in [1.54, 1.807) is 0 Å². The van der Waals surface area contributed by atoms with Crippen LogP contribution in [-0.4, -0.2) is 4.57 Å². The fourth-order valence-corrected chi connectivity index (χ4v) is 8.69. The van der Waals surface area contributed by atoms with Crippen molar-refractivity contribution in [3.8, 4) is 39.1 Å². The SMILES string of the molecule is CC1(C)c2ccccc2-c2c(N(c3ccc(-c4ccccc4)cc3)c3ccc(-c4cccc5c4c4ccccc4n5-c4ccccc4)cc3)cccc21. The summed E-state index contributed by atoms with van der Waals surface area (Å²) in [5, 5.41) is 2.53. The maximum atomic E-state index is 2.44. The summed E-state index contributed by atoms with van der Waals surface area (Å²) in [5.41, 5.74) is 17.1. The maximum Gasteiger partial charge on any atom is 0.0547 e. The molecule has 8 aromatic carbocycles. The molecule has 0 fully saturated rings. The lowest BCUT2D eigenvalue weighted by atomic mass is 9.82. The molecule has 1 heterocycles. The molecule has 0 aliphatic heterocycles. The van der Waals surface area contributed by atoms with Gasteiger partial charge >= 0.3 is 0 Å². The van der Waals surface area contributed by atoms with Crippen molar-refractivity contribution in [2.45, 2.75) is 19.3 Å². The van der Waals surface area contributed by atoms with Crippen LogP contribution in [0.25, 0.3) is 60.9 Å². The van der Waals surface area contributed by atoms with E-state index < -0.39 is 0 Å². The number of anilines is 3. The first kappa shape index (κ1) is 31.1.